The first-order chi connectivity index (χ1) is 56.3. The van der Waals surface area contributed by atoms with E-state index >= 15 is 0 Å². The number of hydrogen-bond donors (Lipinski definition) is 0. The molecule has 20 rings (SSSR count). The first-order valence-corrected chi connectivity index (χ1v) is 39.9. The first-order valence-electron chi connectivity index (χ1n) is 39.9. The van der Waals surface area contributed by atoms with Crippen LogP contribution in [-0.4, -0.2) is 0 Å². The predicted octanol–water partition coefficient (Wildman–Crippen LogP) is 33.1. The summed E-state index contributed by atoms with van der Waals surface area (Å²) in [6.45, 7) is 19.0. The topological polar surface area (TPSA) is 0 Å². The van der Waals surface area contributed by atoms with Gasteiger partial charge >= 0.3 is 0 Å². The van der Waals surface area contributed by atoms with Crippen LogP contribution in [0.15, 0.2) is 431 Å². The molecule has 20 aromatic carbocycles. The highest BCUT2D eigenvalue weighted by Gasteiger charge is 2.05. The number of rotatable bonds is 4. The Kier molecular flexibility index (Phi) is 29.1. The van der Waals surface area contributed by atoms with E-state index in [2.05, 4.69) is 449 Å². The molecule has 0 saturated heterocycles. The summed E-state index contributed by atoms with van der Waals surface area (Å²) in [5, 5.41) is 26.6. The second-order valence-electron chi connectivity index (χ2n) is 29.1. The fraction of sp³-hybridized carbons (Fsp3) is 0.0783. The predicted molar refractivity (Wildman–Crippen MR) is 511 cm³/mol. The minimum Gasteiger partial charge on any atom is -0.0871 e. The fourth-order valence-corrected chi connectivity index (χ4v) is 14.2. The Hall–Kier alpha value is -13.8. The van der Waals surface area contributed by atoms with Crippen LogP contribution in [0, 0.1) is 48.5 Å². The number of hydrogen-bond acceptors (Lipinski definition) is 0. The van der Waals surface area contributed by atoms with Crippen LogP contribution in [-0.2, 0) is 0 Å². The van der Waals surface area contributed by atoms with Gasteiger partial charge in [0.05, 0.1) is 0 Å². The summed E-state index contributed by atoms with van der Waals surface area (Å²) in [5.74, 6) is 0. The Morgan fingerprint density at radius 2 is 0.417 bits per heavy atom. The molecule has 0 aromatic heterocycles. The van der Waals surface area contributed by atoms with Gasteiger partial charge in [-0.05, 0) is 239 Å². The van der Waals surface area contributed by atoms with Crippen molar-refractivity contribution in [2.45, 2.75) is 62.3 Å². The van der Waals surface area contributed by atoms with Crippen molar-refractivity contribution in [2.75, 3.05) is 0 Å². The molecule has 115 heavy (non-hydrogen) atoms. The number of benzene rings is 20. The molecule has 0 aliphatic carbocycles. The molecular formula is C115H102. The molecule has 20 aromatic rings. The minimum absolute atomic E-state index is 1.23. The van der Waals surface area contributed by atoms with Crippen molar-refractivity contribution < 1.29 is 0 Å². The molecule has 0 spiro atoms. The summed E-state index contributed by atoms with van der Waals surface area (Å²) in [6, 6.07) is 147. The second kappa shape index (κ2) is 41.5. The molecule has 0 aliphatic rings. The maximum atomic E-state index is 2.28. The summed E-state index contributed by atoms with van der Waals surface area (Å²) in [6.07, 6.45) is 12.5. The molecule has 0 saturated carbocycles. The highest BCUT2D eigenvalue weighted by Crippen LogP contribution is 2.30. The third kappa shape index (κ3) is 23.2. The molecule has 0 atom stereocenters. The van der Waals surface area contributed by atoms with Gasteiger partial charge in [-0.25, -0.2) is 0 Å². The molecule has 0 heteroatoms. The van der Waals surface area contributed by atoms with Gasteiger partial charge in [0.15, 0.2) is 0 Å². The zero-order chi connectivity index (χ0) is 79.9. The van der Waals surface area contributed by atoms with Gasteiger partial charge in [-0.1, -0.05) is 447 Å². The zero-order valence-corrected chi connectivity index (χ0v) is 67.8. The van der Waals surface area contributed by atoms with E-state index in [0.717, 1.165) is 0 Å². The van der Waals surface area contributed by atoms with Crippen LogP contribution >= 0.6 is 0 Å². The van der Waals surface area contributed by atoms with Gasteiger partial charge in [0, 0.05) is 0 Å². The maximum absolute atomic E-state index is 2.28. The highest BCUT2D eigenvalue weighted by molar-refractivity contribution is 6.08. The molecule has 0 radical (unpaired) electrons. The van der Waals surface area contributed by atoms with Crippen molar-refractivity contribution in [3.05, 3.63) is 492 Å². The Morgan fingerprint density at radius 1 is 0.148 bits per heavy atom. The molecule has 0 fully saturated rings. The monoisotopic (exact) mass is 1480 g/mol. The van der Waals surface area contributed by atoms with Crippen molar-refractivity contribution in [3.8, 4) is 0 Å². The average Bonchev–Trinajstić information content (AvgIpc) is 0.787. The van der Waals surface area contributed by atoms with Crippen molar-refractivity contribution in [1.82, 2.24) is 0 Å². The van der Waals surface area contributed by atoms with Crippen molar-refractivity contribution in [2.24, 2.45) is 0 Å². The lowest BCUT2D eigenvalue weighted by atomic mass is 9.98. The third-order valence-corrected chi connectivity index (χ3v) is 20.3. The van der Waals surface area contributed by atoms with Gasteiger partial charge in [-0.15, -0.1) is 0 Å². The molecule has 0 bridgehead atoms. The summed E-state index contributed by atoms with van der Waals surface area (Å²) in [7, 11) is 0. The summed E-state index contributed by atoms with van der Waals surface area (Å²) >= 11 is 0. The van der Waals surface area contributed by atoms with E-state index in [1.54, 1.807) is 0 Å². The summed E-state index contributed by atoms with van der Waals surface area (Å²) < 4.78 is 0. The van der Waals surface area contributed by atoms with E-state index in [0.29, 0.717) is 0 Å². The molecule has 0 heterocycles. The maximum Gasteiger partial charge on any atom is -0.0105 e. The summed E-state index contributed by atoms with van der Waals surface area (Å²) in [5.41, 5.74) is 14.3. The van der Waals surface area contributed by atoms with Crippen molar-refractivity contribution in [1.29, 1.82) is 0 Å². The van der Waals surface area contributed by atoms with Gasteiger partial charge in [0.25, 0.3) is 0 Å². The van der Waals surface area contributed by atoms with Gasteiger partial charge < -0.3 is 0 Å². The Bertz CT molecular complexity index is 6430. The molecule has 0 N–H and O–H groups in total. The van der Waals surface area contributed by atoms with Crippen molar-refractivity contribution in [3.63, 3.8) is 0 Å². The van der Waals surface area contributed by atoms with E-state index < -0.39 is 0 Å². The number of allylic oxidation sites excluding steroid dienone is 2. The van der Waals surface area contributed by atoms with Crippen LogP contribution in [0.2, 0.25) is 0 Å². The van der Waals surface area contributed by atoms with E-state index in [-0.39, 0.29) is 0 Å². The van der Waals surface area contributed by atoms with E-state index in [1.165, 1.54) is 169 Å². The summed E-state index contributed by atoms with van der Waals surface area (Å²) in [4.78, 5) is 0. The van der Waals surface area contributed by atoms with Gasteiger partial charge in [0.1, 0.15) is 0 Å². The van der Waals surface area contributed by atoms with Gasteiger partial charge in [0.2, 0.25) is 0 Å². The van der Waals surface area contributed by atoms with Gasteiger partial charge in [-0.2, -0.15) is 0 Å². The quantitative estimate of drug-likeness (QED) is 0.0936. The molecule has 0 nitrogen and oxygen atoms in total. The van der Waals surface area contributed by atoms with Gasteiger partial charge in [-0.3, -0.25) is 0 Å². The third-order valence-electron chi connectivity index (χ3n) is 20.3. The molecule has 0 aliphatic heterocycles. The normalized spacial score (nSPS) is 10.7. The van der Waals surface area contributed by atoms with E-state index in [1.807, 2.05) is 68.5 Å². The Labute approximate surface area is 681 Å². The average molecular weight is 1480 g/mol. The van der Waals surface area contributed by atoms with Crippen LogP contribution in [0.5, 0.6) is 0 Å². The van der Waals surface area contributed by atoms with E-state index in [4.69, 9.17) is 0 Å². The van der Waals surface area contributed by atoms with Crippen LogP contribution in [0.25, 0.3) is 132 Å². The van der Waals surface area contributed by atoms with Crippen LogP contribution < -0.4 is 0 Å². The molecule has 562 valence electrons. The first kappa shape index (κ1) is 80.7. The Balaban J connectivity index is 0.000000120. The highest BCUT2D eigenvalue weighted by atomic mass is 14.1. The Morgan fingerprint density at radius 3 is 0.922 bits per heavy atom. The lowest BCUT2D eigenvalue weighted by molar-refractivity contribution is 1.46. The fourth-order valence-electron chi connectivity index (χ4n) is 14.2. The van der Waals surface area contributed by atoms with Crippen LogP contribution in [0.3, 0.4) is 0 Å². The largest absolute Gasteiger partial charge is 0.0871 e. The number of fused-ring (bicyclic) bond motifs is 11. The molecule has 0 amide bonds. The second-order valence-corrected chi connectivity index (χ2v) is 29.1. The molecular weight excluding hydrogens is 1380 g/mol. The SMILES string of the molecule is C/C=C/c1ccccc1.C/C=C\c1ccccc1.Cc1c2ccccc2cc2ccccc12.Cc1ccc(/C=C/c2ccccc2)cc1.Cc1ccc2c(ccc3ccccc32)c1.Cc1ccc2cc3ccccc3cc2c1.Cc1ccc2ccccc2c1.Cc1cccc2cc3ccccc3cc12.Cc1cccc2ccccc12. The van der Waals surface area contributed by atoms with Crippen molar-refractivity contribution >= 4 is 132 Å². The number of aryl methyl sites for hydroxylation is 7. The zero-order valence-electron chi connectivity index (χ0n) is 67.8. The minimum atomic E-state index is 1.23. The smallest absolute Gasteiger partial charge is 0.0105 e. The standard InChI is InChI=1S/4C15H12.C15H14.2C11H10.2C9H10/c1-11-14-8-4-2-6-12(14)10-13-7-3-5-9-15(11)13;1-11-5-4-8-14-9-12-6-2-3-7-13(12)10-15(11)14;1-11-6-9-15-13(10-11)8-7-12-4-2-3-5-14(12)15;1-11-6-7-14-9-12-4-2-3-5-13(12)10-15(14)8-11;1-13-7-9-15(10-8-13)12-11-14-5-3-2-4-6-14;1-9-5-4-7-10-6-2-3-8-11(9)10;1-9-6-7-10-4-2-3-5-11(10)8-9;2*1-2-6-9-7-4-3-5-8-9/h4*2-10H,1H3;2-12H,1H3;2*2-8H,1H3;2*2-8H,1H3/b;;;;12-11+;;;6-2+;6-2-. The lowest BCUT2D eigenvalue weighted by Gasteiger charge is -2.06. The molecule has 0 unspecified atom stereocenters. The van der Waals surface area contributed by atoms with Crippen LogP contribution in [0.1, 0.15) is 75.0 Å². The lowest BCUT2D eigenvalue weighted by Crippen LogP contribution is -1.81. The van der Waals surface area contributed by atoms with Crippen LogP contribution in [0.4, 0.5) is 0 Å². The van der Waals surface area contributed by atoms with E-state index in [9.17, 15) is 0 Å².